The van der Waals surface area contributed by atoms with Crippen LogP contribution in [0, 0.1) is 0 Å². The zero-order valence-electron chi connectivity index (χ0n) is 15.8. The fourth-order valence-corrected chi connectivity index (χ4v) is 8.30. The van der Waals surface area contributed by atoms with E-state index in [1.807, 2.05) is 36.4 Å². The molecule has 0 radical (unpaired) electrons. The molecule has 1 aliphatic rings. The Morgan fingerprint density at radius 2 is 1.44 bits per heavy atom. The van der Waals surface area contributed by atoms with Gasteiger partial charge in [-0.25, -0.2) is 4.79 Å². The Morgan fingerprint density at radius 1 is 0.963 bits per heavy atom. The number of carbonyl (C=O) groups is 1. The van der Waals surface area contributed by atoms with Crippen molar-refractivity contribution in [2.45, 2.75) is 44.1 Å². The Hall–Kier alpha value is -1.99. The van der Waals surface area contributed by atoms with Crippen LogP contribution in [0.3, 0.4) is 0 Å². The Morgan fingerprint density at radius 3 is 1.81 bits per heavy atom. The minimum absolute atomic E-state index is 0.0250. The highest BCUT2D eigenvalue weighted by Crippen LogP contribution is 2.37. The van der Waals surface area contributed by atoms with Gasteiger partial charge in [0.25, 0.3) is 8.32 Å². The largest absolute Gasteiger partial charge is 0.455 e. The first-order chi connectivity index (χ1) is 12.8. The minimum Gasteiger partial charge on any atom is -0.455 e. The molecule has 0 unspecified atom stereocenters. The van der Waals surface area contributed by atoms with Crippen molar-refractivity contribution in [3.05, 3.63) is 60.7 Å². The zero-order valence-corrected chi connectivity index (χ0v) is 16.8. The van der Waals surface area contributed by atoms with Gasteiger partial charge in [0.05, 0.1) is 6.61 Å². The summed E-state index contributed by atoms with van der Waals surface area (Å²) in [5.74, 6) is -0.807. The van der Waals surface area contributed by atoms with Crippen molar-refractivity contribution >= 4 is 24.7 Å². The van der Waals surface area contributed by atoms with E-state index in [1.165, 1.54) is 0 Å². The molecule has 3 atom stereocenters. The maximum absolute atomic E-state index is 11.6. The molecule has 1 aliphatic heterocycles. The van der Waals surface area contributed by atoms with Crippen LogP contribution < -0.4 is 10.4 Å². The maximum atomic E-state index is 11.6. The van der Waals surface area contributed by atoms with E-state index in [2.05, 4.69) is 45.0 Å². The summed E-state index contributed by atoms with van der Waals surface area (Å²) in [6.07, 6.45) is -3.68. The van der Waals surface area contributed by atoms with Crippen LogP contribution in [0.25, 0.3) is 0 Å². The van der Waals surface area contributed by atoms with E-state index in [0.717, 1.165) is 10.4 Å². The van der Waals surface area contributed by atoms with Gasteiger partial charge < -0.3 is 19.4 Å². The molecule has 5 nitrogen and oxygen atoms in total. The van der Waals surface area contributed by atoms with Crippen LogP contribution in [-0.2, 0) is 14.0 Å². The number of aliphatic hydroxyl groups excluding tert-OH is 2. The first kappa shape index (κ1) is 19.8. The molecule has 0 aliphatic carbocycles. The monoisotopic (exact) mass is 386 g/mol. The van der Waals surface area contributed by atoms with Crippen LogP contribution in [0.2, 0.25) is 5.04 Å². The molecule has 27 heavy (non-hydrogen) atoms. The molecule has 144 valence electrons. The highest BCUT2D eigenvalue weighted by atomic mass is 28.4. The van der Waals surface area contributed by atoms with Crippen LogP contribution in [0.4, 0.5) is 0 Å². The van der Waals surface area contributed by atoms with Crippen molar-refractivity contribution in [2.75, 3.05) is 6.61 Å². The van der Waals surface area contributed by atoms with E-state index in [1.54, 1.807) is 0 Å². The quantitative estimate of drug-likeness (QED) is 0.597. The number of carbonyl (C=O) groups excluding carboxylic acids is 1. The number of benzene rings is 2. The van der Waals surface area contributed by atoms with Crippen molar-refractivity contribution in [1.82, 2.24) is 0 Å². The van der Waals surface area contributed by atoms with Crippen LogP contribution in [0.15, 0.2) is 60.7 Å². The summed E-state index contributed by atoms with van der Waals surface area (Å²) in [7, 11) is -2.77. The van der Waals surface area contributed by atoms with Gasteiger partial charge in [0.2, 0.25) is 0 Å². The molecule has 2 aromatic carbocycles. The molecule has 6 heteroatoms. The topological polar surface area (TPSA) is 76.0 Å². The van der Waals surface area contributed by atoms with Gasteiger partial charge in [-0.1, -0.05) is 81.4 Å². The first-order valence-corrected chi connectivity index (χ1v) is 11.0. The van der Waals surface area contributed by atoms with E-state index in [-0.39, 0.29) is 11.6 Å². The Balaban J connectivity index is 2.03. The average Bonchev–Trinajstić information content (AvgIpc) is 2.90. The predicted octanol–water partition coefficient (Wildman–Crippen LogP) is 1.21. The molecule has 0 amide bonds. The predicted molar refractivity (Wildman–Crippen MR) is 105 cm³/mol. The van der Waals surface area contributed by atoms with E-state index >= 15 is 0 Å². The number of hydrogen-bond acceptors (Lipinski definition) is 5. The highest BCUT2D eigenvalue weighted by Gasteiger charge is 2.52. The maximum Gasteiger partial charge on any atom is 0.338 e. The van der Waals surface area contributed by atoms with Crippen LogP contribution in [0.1, 0.15) is 20.8 Å². The van der Waals surface area contributed by atoms with Crippen LogP contribution >= 0.6 is 0 Å². The number of esters is 1. The highest BCUT2D eigenvalue weighted by molar-refractivity contribution is 6.99. The second kappa shape index (κ2) is 7.56. The molecule has 1 saturated heterocycles. The molecule has 2 N–H and O–H groups in total. The van der Waals surface area contributed by atoms with E-state index in [4.69, 9.17) is 9.16 Å². The third-order valence-electron chi connectivity index (χ3n) is 5.09. The lowest BCUT2D eigenvalue weighted by molar-refractivity contribution is -0.148. The summed E-state index contributed by atoms with van der Waals surface area (Å²) in [6.45, 7) is 6.46. The molecular formula is C21H26O5Si. The van der Waals surface area contributed by atoms with Gasteiger partial charge in [-0.3, -0.25) is 0 Å². The van der Waals surface area contributed by atoms with Crippen LogP contribution in [0.5, 0.6) is 0 Å². The van der Waals surface area contributed by atoms with Gasteiger partial charge in [-0.2, -0.15) is 0 Å². The Bertz CT molecular complexity index is 733. The van der Waals surface area contributed by atoms with Gasteiger partial charge in [-0.05, 0) is 15.4 Å². The molecule has 0 bridgehead atoms. The van der Waals surface area contributed by atoms with Gasteiger partial charge >= 0.3 is 5.97 Å². The van der Waals surface area contributed by atoms with E-state index in [0.29, 0.717) is 0 Å². The normalized spacial score (nSPS) is 23.3. The number of aliphatic hydroxyl groups is 2. The molecule has 0 aromatic heterocycles. The fourth-order valence-electron chi connectivity index (χ4n) is 3.73. The van der Waals surface area contributed by atoms with Crippen molar-refractivity contribution < 1.29 is 24.2 Å². The lowest BCUT2D eigenvalue weighted by atomic mass is 10.1. The summed E-state index contributed by atoms with van der Waals surface area (Å²) >= 11 is 0. The lowest BCUT2D eigenvalue weighted by Gasteiger charge is -2.43. The number of rotatable bonds is 5. The van der Waals surface area contributed by atoms with Crippen LogP contribution in [-0.4, -0.2) is 49.4 Å². The van der Waals surface area contributed by atoms with E-state index in [9.17, 15) is 15.0 Å². The fraction of sp³-hybridized carbons (Fsp3) is 0.381. The molecular weight excluding hydrogens is 360 g/mol. The Kier molecular flexibility index (Phi) is 5.53. The number of hydrogen-bond donors (Lipinski definition) is 2. The third-order valence-corrected chi connectivity index (χ3v) is 10.1. The van der Waals surface area contributed by atoms with Gasteiger partial charge in [-0.15, -0.1) is 0 Å². The summed E-state index contributed by atoms with van der Waals surface area (Å²) in [5, 5.41) is 21.8. The van der Waals surface area contributed by atoms with Crippen molar-refractivity contribution in [3.8, 4) is 0 Å². The average molecular weight is 387 g/mol. The second-order valence-electron chi connectivity index (χ2n) is 7.89. The first-order valence-electron chi connectivity index (χ1n) is 9.09. The molecule has 1 heterocycles. The van der Waals surface area contributed by atoms with Crippen molar-refractivity contribution in [3.63, 3.8) is 0 Å². The zero-order chi connectivity index (χ0) is 19.7. The minimum atomic E-state index is -2.77. The third kappa shape index (κ3) is 3.58. The molecule has 2 aromatic rings. The van der Waals surface area contributed by atoms with E-state index < -0.39 is 32.6 Å². The number of cyclic esters (lactones) is 1. The molecule has 3 rings (SSSR count). The summed E-state index contributed by atoms with van der Waals surface area (Å²) in [4.78, 5) is 11.6. The van der Waals surface area contributed by atoms with Gasteiger partial charge in [0.15, 0.2) is 12.2 Å². The summed E-state index contributed by atoms with van der Waals surface area (Å²) in [6, 6.07) is 20.2. The summed E-state index contributed by atoms with van der Waals surface area (Å²) in [5.41, 5.74) is 0. The summed E-state index contributed by atoms with van der Waals surface area (Å²) < 4.78 is 11.7. The Labute approximate surface area is 160 Å². The molecule has 0 saturated carbocycles. The van der Waals surface area contributed by atoms with Crippen molar-refractivity contribution in [2.24, 2.45) is 0 Å². The van der Waals surface area contributed by atoms with Gasteiger partial charge in [0, 0.05) is 0 Å². The lowest BCUT2D eigenvalue weighted by Crippen LogP contribution is -2.67. The SMILES string of the molecule is CC(C)(C)[Si](OC[C@H]1OC(=O)[C@H](O)[C@@H]1O)(c1ccccc1)c1ccccc1. The number of ether oxygens (including phenoxy) is 1. The molecule has 0 spiro atoms. The second-order valence-corrected chi connectivity index (χ2v) is 12.2. The van der Waals surface area contributed by atoms with Gasteiger partial charge in [0.1, 0.15) is 6.10 Å². The molecule has 1 fully saturated rings. The standard InChI is InChI=1S/C21H26O5Si/c1-21(2,3)27(15-10-6-4-7-11-15,16-12-8-5-9-13-16)25-14-17-18(22)19(23)20(24)26-17/h4-13,17-19,22-23H,14H2,1-3H3/t17-,18-,19-/m1/s1. The van der Waals surface area contributed by atoms with Crippen molar-refractivity contribution in [1.29, 1.82) is 0 Å². The smallest absolute Gasteiger partial charge is 0.338 e.